The van der Waals surface area contributed by atoms with Crippen LogP contribution in [0, 0.1) is 0 Å². The van der Waals surface area contributed by atoms with Gasteiger partial charge in [-0.05, 0) is 30.3 Å². The van der Waals surface area contributed by atoms with Gasteiger partial charge in [-0.1, -0.05) is 11.2 Å². The Kier molecular flexibility index (Phi) is 4.14. The second kappa shape index (κ2) is 6.27. The molecule has 1 amide bonds. The van der Waals surface area contributed by atoms with Crippen molar-refractivity contribution in [2.45, 2.75) is 6.18 Å². The van der Waals surface area contributed by atoms with Crippen molar-refractivity contribution < 1.29 is 22.5 Å². The Labute approximate surface area is 139 Å². The molecule has 9 heteroatoms. The first-order valence-corrected chi connectivity index (χ1v) is 7.00. The fourth-order valence-electron chi connectivity index (χ4n) is 2.20. The molecule has 25 heavy (non-hydrogen) atoms. The Balaban J connectivity index is 1.92. The zero-order chi connectivity index (χ0) is 18.0. The number of aromatic nitrogens is 2. The van der Waals surface area contributed by atoms with Crippen LogP contribution in [0.25, 0.3) is 11.3 Å². The van der Waals surface area contributed by atoms with Gasteiger partial charge >= 0.3 is 6.18 Å². The summed E-state index contributed by atoms with van der Waals surface area (Å²) in [6.45, 7) is 0. The lowest BCUT2D eigenvalue weighted by Gasteiger charge is -2.10. The van der Waals surface area contributed by atoms with Gasteiger partial charge in [0.2, 0.25) is 5.88 Å². The van der Waals surface area contributed by atoms with Crippen LogP contribution >= 0.6 is 0 Å². The molecule has 0 unspecified atom stereocenters. The number of nitrogens with zero attached hydrogens (tertiary/aromatic N) is 2. The van der Waals surface area contributed by atoms with Crippen LogP contribution < -0.4 is 11.1 Å². The Morgan fingerprint density at radius 1 is 1.16 bits per heavy atom. The predicted octanol–water partition coefficient (Wildman–Crippen LogP) is 3.59. The number of hydrogen-bond acceptors (Lipinski definition) is 5. The van der Waals surface area contributed by atoms with E-state index in [1.807, 2.05) is 0 Å². The summed E-state index contributed by atoms with van der Waals surface area (Å²) in [5, 5.41) is 6.11. The first kappa shape index (κ1) is 16.5. The van der Waals surface area contributed by atoms with Crippen LogP contribution in [0.15, 0.2) is 53.3 Å². The molecule has 0 fully saturated rings. The summed E-state index contributed by atoms with van der Waals surface area (Å²) < 4.78 is 43.1. The van der Waals surface area contributed by atoms with Crippen molar-refractivity contribution in [3.05, 3.63) is 59.9 Å². The van der Waals surface area contributed by atoms with Crippen LogP contribution in [-0.2, 0) is 6.18 Å². The van der Waals surface area contributed by atoms with Gasteiger partial charge in [0.15, 0.2) is 0 Å². The maximum Gasteiger partial charge on any atom is 0.416 e. The van der Waals surface area contributed by atoms with E-state index < -0.39 is 17.6 Å². The summed E-state index contributed by atoms with van der Waals surface area (Å²) in [5.74, 6) is -0.971. The van der Waals surface area contributed by atoms with Crippen molar-refractivity contribution in [2.75, 3.05) is 11.1 Å². The van der Waals surface area contributed by atoms with Crippen molar-refractivity contribution in [3.8, 4) is 11.3 Å². The van der Waals surface area contributed by atoms with Crippen LogP contribution in [0.3, 0.4) is 0 Å². The average Bonchev–Trinajstić information content (AvgIpc) is 2.97. The summed E-state index contributed by atoms with van der Waals surface area (Å²) >= 11 is 0. The van der Waals surface area contributed by atoms with Crippen molar-refractivity contribution in [1.29, 1.82) is 0 Å². The zero-order valence-corrected chi connectivity index (χ0v) is 12.5. The van der Waals surface area contributed by atoms with Crippen molar-refractivity contribution in [2.24, 2.45) is 0 Å². The number of nitrogens with one attached hydrogen (secondary N) is 1. The molecule has 1 aromatic carbocycles. The van der Waals surface area contributed by atoms with Crippen LogP contribution in [-0.4, -0.2) is 16.0 Å². The van der Waals surface area contributed by atoms with Gasteiger partial charge in [-0.2, -0.15) is 13.2 Å². The van der Waals surface area contributed by atoms with Gasteiger partial charge in [0.05, 0.1) is 5.56 Å². The molecule has 2 heterocycles. The quantitative estimate of drug-likeness (QED) is 0.754. The second-order valence-corrected chi connectivity index (χ2v) is 5.04. The van der Waals surface area contributed by atoms with Gasteiger partial charge in [-0.3, -0.25) is 9.78 Å². The molecule has 0 spiro atoms. The molecular formula is C16H11F3N4O2. The number of nitrogens with two attached hydrogens (primary N) is 1. The molecule has 0 atom stereocenters. The maximum absolute atomic E-state index is 12.8. The molecule has 0 radical (unpaired) electrons. The molecule has 2 aromatic heterocycles. The molecule has 0 saturated heterocycles. The van der Waals surface area contributed by atoms with E-state index >= 15 is 0 Å². The van der Waals surface area contributed by atoms with Crippen molar-refractivity contribution in [3.63, 3.8) is 0 Å². The van der Waals surface area contributed by atoms with E-state index in [-0.39, 0.29) is 22.8 Å². The summed E-state index contributed by atoms with van der Waals surface area (Å²) in [6.07, 6.45) is -1.53. The van der Waals surface area contributed by atoms with E-state index in [1.165, 1.54) is 24.5 Å². The number of halogens is 3. The lowest BCUT2D eigenvalue weighted by molar-refractivity contribution is -0.137. The third-order valence-corrected chi connectivity index (χ3v) is 3.35. The number of carbonyl (C=O) groups is 1. The lowest BCUT2D eigenvalue weighted by Crippen LogP contribution is -2.15. The maximum atomic E-state index is 12.8. The smallest absolute Gasteiger partial charge is 0.367 e. The second-order valence-electron chi connectivity index (χ2n) is 5.04. The third-order valence-electron chi connectivity index (χ3n) is 3.35. The number of benzene rings is 1. The van der Waals surface area contributed by atoms with E-state index in [9.17, 15) is 18.0 Å². The predicted molar refractivity (Wildman–Crippen MR) is 83.5 cm³/mol. The molecule has 3 aromatic rings. The lowest BCUT2D eigenvalue weighted by atomic mass is 10.1. The molecule has 0 aliphatic heterocycles. The van der Waals surface area contributed by atoms with Gasteiger partial charge in [0, 0.05) is 23.6 Å². The number of alkyl halides is 3. The van der Waals surface area contributed by atoms with Crippen LogP contribution in [0.4, 0.5) is 24.7 Å². The normalized spacial score (nSPS) is 11.3. The van der Waals surface area contributed by atoms with Crippen molar-refractivity contribution in [1.82, 2.24) is 10.1 Å². The SMILES string of the molecule is Nc1onc(-c2ccncc2)c1C(=O)Nc1cccc(C(F)(F)F)c1. The number of amides is 1. The van der Waals surface area contributed by atoms with E-state index in [2.05, 4.69) is 15.5 Å². The van der Waals surface area contributed by atoms with Gasteiger partial charge in [-0.15, -0.1) is 0 Å². The van der Waals surface area contributed by atoms with Crippen LogP contribution in [0.5, 0.6) is 0 Å². The number of hydrogen-bond donors (Lipinski definition) is 2. The molecule has 0 bridgehead atoms. The van der Waals surface area contributed by atoms with E-state index in [1.54, 1.807) is 12.1 Å². The number of rotatable bonds is 3. The summed E-state index contributed by atoms with van der Waals surface area (Å²) in [6, 6.07) is 7.46. The average molecular weight is 348 g/mol. The fraction of sp³-hybridized carbons (Fsp3) is 0.0625. The van der Waals surface area contributed by atoms with Gasteiger partial charge in [0.25, 0.3) is 5.91 Å². The minimum absolute atomic E-state index is 0.0268. The van der Waals surface area contributed by atoms with Crippen LogP contribution in [0.2, 0.25) is 0 Å². The highest BCUT2D eigenvalue weighted by atomic mass is 19.4. The Morgan fingerprint density at radius 2 is 1.88 bits per heavy atom. The van der Waals surface area contributed by atoms with Crippen molar-refractivity contribution >= 4 is 17.5 Å². The number of carbonyl (C=O) groups excluding carboxylic acids is 1. The van der Waals surface area contributed by atoms with E-state index in [4.69, 9.17) is 10.3 Å². The van der Waals surface area contributed by atoms with Gasteiger partial charge in [0.1, 0.15) is 11.3 Å². The van der Waals surface area contributed by atoms with Gasteiger partial charge < -0.3 is 15.6 Å². The molecule has 0 aliphatic rings. The van der Waals surface area contributed by atoms with Crippen LogP contribution in [0.1, 0.15) is 15.9 Å². The molecule has 0 aliphatic carbocycles. The first-order chi connectivity index (χ1) is 11.9. The monoisotopic (exact) mass is 348 g/mol. The zero-order valence-electron chi connectivity index (χ0n) is 12.5. The minimum Gasteiger partial charge on any atom is -0.367 e. The third kappa shape index (κ3) is 3.44. The highest BCUT2D eigenvalue weighted by Crippen LogP contribution is 2.31. The molecule has 6 nitrogen and oxygen atoms in total. The molecule has 128 valence electrons. The summed E-state index contributed by atoms with van der Waals surface area (Å²) in [5.41, 5.74) is 5.38. The topological polar surface area (TPSA) is 94.0 Å². The summed E-state index contributed by atoms with van der Waals surface area (Å²) in [4.78, 5) is 16.3. The summed E-state index contributed by atoms with van der Waals surface area (Å²) in [7, 11) is 0. The highest BCUT2D eigenvalue weighted by Gasteiger charge is 2.31. The number of nitrogen functional groups attached to an aromatic ring is 1. The Bertz CT molecular complexity index is 907. The van der Waals surface area contributed by atoms with E-state index in [0.29, 0.717) is 5.56 Å². The molecular weight excluding hydrogens is 337 g/mol. The largest absolute Gasteiger partial charge is 0.416 e. The highest BCUT2D eigenvalue weighted by molar-refractivity contribution is 6.10. The number of anilines is 2. The standard InChI is InChI=1S/C16H11F3N4O2/c17-16(18,19)10-2-1-3-11(8-10)22-15(24)12-13(23-25-14(12)20)9-4-6-21-7-5-9/h1-8H,20H2,(H,22,24). The fourth-order valence-corrected chi connectivity index (χ4v) is 2.20. The number of pyridine rings is 1. The first-order valence-electron chi connectivity index (χ1n) is 7.00. The molecule has 0 saturated carbocycles. The minimum atomic E-state index is -4.51. The molecule has 3 rings (SSSR count). The Hall–Kier alpha value is -3.36. The molecule has 3 N–H and O–H groups in total. The Morgan fingerprint density at radius 3 is 2.56 bits per heavy atom. The van der Waals surface area contributed by atoms with E-state index in [0.717, 1.165) is 12.1 Å². The van der Waals surface area contributed by atoms with Gasteiger partial charge in [-0.25, -0.2) is 0 Å².